The second-order valence-corrected chi connectivity index (χ2v) is 3.87. The highest BCUT2D eigenvalue weighted by molar-refractivity contribution is 5.76. The van der Waals surface area contributed by atoms with E-state index in [9.17, 15) is 4.79 Å². The summed E-state index contributed by atoms with van der Waals surface area (Å²) in [6.07, 6.45) is 0. The number of amides is 2. The van der Waals surface area contributed by atoms with Crippen molar-refractivity contribution in [1.29, 1.82) is 0 Å². The maximum Gasteiger partial charge on any atom is 0.318 e. The lowest BCUT2D eigenvalue weighted by Crippen LogP contribution is -2.30. The predicted octanol–water partition coefficient (Wildman–Crippen LogP) is 1.78. The minimum absolute atomic E-state index is 0.0170. The van der Waals surface area contributed by atoms with E-state index in [1.54, 1.807) is 7.11 Å². The molecule has 1 fully saturated rings. The third kappa shape index (κ3) is 1.96. The minimum atomic E-state index is 0.0170. The van der Waals surface area contributed by atoms with Gasteiger partial charge in [0.2, 0.25) is 0 Å². The number of hydrogen-bond acceptors (Lipinski definition) is 2. The zero-order chi connectivity index (χ0) is 11.5. The third-order valence-corrected chi connectivity index (χ3v) is 2.96. The summed E-state index contributed by atoms with van der Waals surface area (Å²) in [7, 11) is 1.65. The number of hydrogen-bond donors (Lipinski definition) is 1. The van der Waals surface area contributed by atoms with Gasteiger partial charge in [-0.3, -0.25) is 0 Å². The predicted molar refractivity (Wildman–Crippen MR) is 61.5 cm³/mol. The molecule has 1 aliphatic rings. The lowest BCUT2D eigenvalue weighted by atomic mass is 10.1. The number of rotatable bonds is 3. The van der Waals surface area contributed by atoms with Crippen LogP contribution < -0.4 is 10.1 Å². The van der Waals surface area contributed by atoms with E-state index in [1.165, 1.54) is 0 Å². The van der Waals surface area contributed by atoms with E-state index in [-0.39, 0.29) is 12.1 Å². The fourth-order valence-corrected chi connectivity index (χ4v) is 1.92. The Morgan fingerprint density at radius 3 is 2.56 bits per heavy atom. The fourth-order valence-electron chi connectivity index (χ4n) is 1.92. The quantitative estimate of drug-likeness (QED) is 0.843. The standard InChI is InChI=1S/C12H16N2O2/c1-9(14-8-7-13-12(14)15)10-3-5-11(16-2)6-4-10/h3-6,9H,7-8H2,1-2H3,(H,13,15). The number of nitrogens with one attached hydrogen (secondary N) is 1. The highest BCUT2D eigenvalue weighted by atomic mass is 16.5. The molecule has 0 radical (unpaired) electrons. The number of ether oxygens (including phenoxy) is 1. The number of carbonyl (C=O) groups excluding carboxylic acids is 1. The number of urea groups is 1. The van der Waals surface area contributed by atoms with Crippen LogP contribution in [-0.4, -0.2) is 31.1 Å². The summed E-state index contributed by atoms with van der Waals surface area (Å²) in [5, 5.41) is 2.81. The van der Waals surface area contributed by atoms with Crippen LogP contribution in [0, 0.1) is 0 Å². The number of nitrogens with zero attached hydrogens (tertiary/aromatic N) is 1. The summed E-state index contributed by atoms with van der Waals surface area (Å²) >= 11 is 0. The van der Waals surface area contributed by atoms with Crippen molar-refractivity contribution in [1.82, 2.24) is 10.2 Å². The molecule has 0 spiro atoms. The van der Waals surface area contributed by atoms with Crippen molar-refractivity contribution in [2.24, 2.45) is 0 Å². The Balaban J connectivity index is 2.13. The van der Waals surface area contributed by atoms with E-state index in [1.807, 2.05) is 36.1 Å². The minimum Gasteiger partial charge on any atom is -0.497 e. The van der Waals surface area contributed by atoms with E-state index < -0.39 is 0 Å². The first kappa shape index (κ1) is 10.8. The van der Waals surface area contributed by atoms with Gasteiger partial charge in [-0.25, -0.2) is 4.79 Å². The SMILES string of the molecule is COc1ccc(C(C)N2CCNC2=O)cc1. The second-order valence-electron chi connectivity index (χ2n) is 3.87. The smallest absolute Gasteiger partial charge is 0.318 e. The Kier molecular flexibility index (Phi) is 2.99. The Bertz CT molecular complexity index is 375. The van der Waals surface area contributed by atoms with Crippen molar-refractivity contribution in [3.8, 4) is 5.75 Å². The zero-order valence-electron chi connectivity index (χ0n) is 9.56. The molecule has 1 unspecified atom stereocenters. The average Bonchev–Trinajstić information content (AvgIpc) is 2.75. The van der Waals surface area contributed by atoms with E-state index in [0.717, 1.165) is 24.4 Å². The Labute approximate surface area is 95.2 Å². The van der Waals surface area contributed by atoms with Crippen LogP contribution in [0.25, 0.3) is 0 Å². The highest BCUT2D eigenvalue weighted by Gasteiger charge is 2.25. The monoisotopic (exact) mass is 220 g/mol. The van der Waals surface area contributed by atoms with Crippen LogP contribution in [-0.2, 0) is 0 Å². The van der Waals surface area contributed by atoms with Crippen molar-refractivity contribution >= 4 is 6.03 Å². The van der Waals surface area contributed by atoms with Crippen LogP contribution in [0.1, 0.15) is 18.5 Å². The Hall–Kier alpha value is -1.71. The summed E-state index contributed by atoms with van der Waals surface area (Å²) in [6.45, 7) is 3.54. The molecule has 0 aromatic heterocycles. The van der Waals surface area contributed by atoms with E-state index in [2.05, 4.69) is 5.32 Å². The van der Waals surface area contributed by atoms with E-state index >= 15 is 0 Å². The van der Waals surface area contributed by atoms with E-state index in [0.29, 0.717) is 0 Å². The molecule has 4 nitrogen and oxygen atoms in total. The van der Waals surface area contributed by atoms with Crippen LogP contribution in [0.2, 0.25) is 0 Å². The molecule has 4 heteroatoms. The van der Waals surface area contributed by atoms with Gasteiger partial charge in [-0.1, -0.05) is 12.1 Å². The first-order chi connectivity index (χ1) is 7.72. The molecule has 1 atom stereocenters. The van der Waals surface area contributed by atoms with Crippen LogP contribution in [0.5, 0.6) is 5.75 Å². The van der Waals surface area contributed by atoms with Gasteiger partial charge in [-0.05, 0) is 24.6 Å². The maximum atomic E-state index is 11.5. The molecular weight excluding hydrogens is 204 g/mol. The van der Waals surface area contributed by atoms with Gasteiger partial charge in [0, 0.05) is 13.1 Å². The topological polar surface area (TPSA) is 41.6 Å². The van der Waals surface area contributed by atoms with Gasteiger partial charge in [0.15, 0.2) is 0 Å². The van der Waals surface area contributed by atoms with Gasteiger partial charge in [0.05, 0.1) is 13.2 Å². The van der Waals surface area contributed by atoms with Crippen LogP contribution >= 0.6 is 0 Å². The first-order valence-electron chi connectivity index (χ1n) is 5.41. The molecular formula is C12H16N2O2. The van der Waals surface area contributed by atoms with Gasteiger partial charge in [-0.2, -0.15) is 0 Å². The normalized spacial score (nSPS) is 17.1. The Morgan fingerprint density at radius 2 is 2.06 bits per heavy atom. The molecule has 0 bridgehead atoms. The molecule has 1 saturated heterocycles. The third-order valence-electron chi connectivity index (χ3n) is 2.96. The largest absolute Gasteiger partial charge is 0.497 e. The van der Waals surface area contributed by atoms with Crippen molar-refractivity contribution in [2.45, 2.75) is 13.0 Å². The molecule has 2 amide bonds. The van der Waals surface area contributed by atoms with Crippen LogP contribution in [0.4, 0.5) is 4.79 Å². The molecule has 2 rings (SSSR count). The molecule has 16 heavy (non-hydrogen) atoms. The van der Waals surface area contributed by atoms with Gasteiger partial charge in [0.1, 0.15) is 5.75 Å². The average molecular weight is 220 g/mol. The number of carbonyl (C=O) groups is 1. The van der Waals surface area contributed by atoms with Gasteiger partial charge >= 0.3 is 6.03 Å². The molecule has 0 aliphatic carbocycles. The lowest BCUT2D eigenvalue weighted by Gasteiger charge is -2.23. The lowest BCUT2D eigenvalue weighted by molar-refractivity contribution is 0.202. The molecule has 1 aromatic carbocycles. The molecule has 1 N–H and O–H groups in total. The van der Waals surface area contributed by atoms with Crippen LogP contribution in [0.3, 0.4) is 0 Å². The first-order valence-corrected chi connectivity index (χ1v) is 5.41. The van der Waals surface area contributed by atoms with Crippen molar-refractivity contribution in [3.05, 3.63) is 29.8 Å². The molecule has 86 valence electrons. The van der Waals surface area contributed by atoms with Crippen molar-refractivity contribution < 1.29 is 9.53 Å². The molecule has 1 aliphatic heterocycles. The second kappa shape index (κ2) is 4.43. The van der Waals surface area contributed by atoms with Crippen molar-refractivity contribution in [3.63, 3.8) is 0 Å². The summed E-state index contributed by atoms with van der Waals surface area (Å²) in [5.74, 6) is 0.835. The van der Waals surface area contributed by atoms with Crippen molar-refractivity contribution in [2.75, 3.05) is 20.2 Å². The molecule has 1 aromatic rings. The van der Waals surface area contributed by atoms with Gasteiger partial charge < -0.3 is 15.0 Å². The molecule has 0 saturated carbocycles. The summed E-state index contributed by atoms with van der Waals surface area (Å²) in [5.41, 5.74) is 1.12. The summed E-state index contributed by atoms with van der Waals surface area (Å²) < 4.78 is 5.10. The summed E-state index contributed by atoms with van der Waals surface area (Å²) in [4.78, 5) is 13.3. The fraction of sp³-hybridized carbons (Fsp3) is 0.417. The highest BCUT2D eigenvalue weighted by Crippen LogP contribution is 2.23. The van der Waals surface area contributed by atoms with E-state index in [4.69, 9.17) is 4.74 Å². The Morgan fingerprint density at radius 1 is 1.38 bits per heavy atom. The summed E-state index contributed by atoms with van der Waals surface area (Å²) in [6, 6.07) is 7.95. The molecule has 1 heterocycles. The maximum absolute atomic E-state index is 11.5. The zero-order valence-corrected chi connectivity index (χ0v) is 9.56. The van der Waals surface area contributed by atoms with Gasteiger partial charge in [-0.15, -0.1) is 0 Å². The van der Waals surface area contributed by atoms with Crippen LogP contribution in [0.15, 0.2) is 24.3 Å². The number of benzene rings is 1. The number of methoxy groups -OCH3 is 1. The van der Waals surface area contributed by atoms with Gasteiger partial charge in [0.25, 0.3) is 0 Å².